The van der Waals surface area contributed by atoms with Crippen LogP contribution in [0.5, 0.6) is 0 Å². The number of aryl methyl sites for hydroxylation is 1. The Kier molecular flexibility index (Phi) is 4.53. The molecule has 0 aromatic carbocycles. The Morgan fingerprint density at radius 3 is 2.71 bits per heavy atom. The number of nitrogen functional groups attached to an aromatic ring is 1. The lowest BCUT2D eigenvalue weighted by atomic mass is 10.2. The molecule has 116 valence electrons. The fraction of sp³-hybridized carbons (Fsp3) is 0.667. The first-order valence-electron chi connectivity index (χ1n) is 6.96. The summed E-state index contributed by atoms with van der Waals surface area (Å²) in [4.78, 5) is 23.4. The van der Waals surface area contributed by atoms with Crippen LogP contribution in [-0.4, -0.2) is 52.0 Å². The minimum absolute atomic E-state index is 0.0499. The number of hydrogen-bond acceptors (Lipinski definition) is 8. The Morgan fingerprint density at radius 1 is 1.48 bits per heavy atom. The van der Waals surface area contributed by atoms with Gasteiger partial charge in [0.15, 0.2) is 0 Å². The van der Waals surface area contributed by atoms with Gasteiger partial charge in [0.2, 0.25) is 11.8 Å². The van der Waals surface area contributed by atoms with Crippen LogP contribution in [0.4, 0.5) is 17.5 Å². The lowest BCUT2D eigenvalue weighted by molar-refractivity contribution is -0.385. The van der Waals surface area contributed by atoms with Crippen LogP contribution in [0.15, 0.2) is 0 Å². The molecule has 1 unspecified atom stereocenters. The molecule has 1 aromatic rings. The summed E-state index contributed by atoms with van der Waals surface area (Å²) in [7, 11) is 0. The Hall–Kier alpha value is -2.00. The average molecular weight is 295 g/mol. The van der Waals surface area contributed by atoms with Gasteiger partial charge < -0.3 is 4.90 Å². The van der Waals surface area contributed by atoms with Gasteiger partial charge in [0, 0.05) is 25.7 Å². The van der Waals surface area contributed by atoms with E-state index in [1.807, 2.05) is 4.90 Å². The second kappa shape index (κ2) is 6.19. The minimum Gasteiger partial charge on any atom is -0.348 e. The van der Waals surface area contributed by atoms with Crippen LogP contribution in [0.3, 0.4) is 0 Å². The van der Waals surface area contributed by atoms with Gasteiger partial charge in [0.05, 0.1) is 4.92 Å². The number of rotatable bonds is 4. The first-order valence-corrected chi connectivity index (χ1v) is 6.96. The van der Waals surface area contributed by atoms with Gasteiger partial charge in [0.1, 0.15) is 5.69 Å². The SMILES string of the molecule is CCN1CCN(c2nc(NN)nc(C)c2[N+](=O)[O-])CC1C. The zero-order valence-corrected chi connectivity index (χ0v) is 12.5. The van der Waals surface area contributed by atoms with E-state index in [0.29, 0.717) is 30.6 Å². The molecule has 0 spiro atoms. The summed E-state index contributed by atoms with van der Waals surface area (Å²) in [6.07, 6.45) is 0. The molecular weight excluding hydrogens is 274 g/mol. The molecule has 2 rings (SSSR count). The quantitative estimate of drug-likeness (QED) is 0.469. The molecule has 9 heteroatoms. The number of nitrogens with two attached hydrogens (primary N) is 1. The normalized spacial score (nSPS) is 19.6. The highest BCUT2D eigenvalue weighted by Gasteiger charge is 2.30. The van der Waals surface area contributed by atoms with Gasteiger partial charge in [-0.2, -0.15) is 4.98 Å². The fourth-order valence-corrected chi connectivity index (χ4v) is 2.71. The third-order valence-electron chi connectivity index (χ3n) is 3.82. The molecule has 1 saturated heterocycles. The third kappa shape index (κ3) is 3.03. The summed E-state index contributed by atoms with van der Waals surface area (Å²) in [6.45, 7) is 9.01. The molecule has 3 N–H and O–H groups in total. The van der Waals surface area contributed by atoms with Crippen molar-refractivity contribution >= 4 is 17.5 Å². The zero-order chi connectivity index (χ0) is 15.6. The number of anilines is 2. The van der Waals surface area contributed by atoms with Crippen molar-refractivity contribution in [2.75, 3.05) is 36.5 Å². The third-order valence-corrected chi connectivity index (χ3v) is 3.82. The van der Waals surface area contributed by atoms with E-state index in [1.54, 1.807) is 6.92 Å². The maximum absolute atomic E-state index is 11.3. The Bertz CT molecular complexity index is 537. The van der Waals surface area contributed by atoms with Crippen LogP contribution in [0, 0.1) is 17.0 Å². The summed E-state index contributed by atoms with van der Waals surface area (Å²) in [5.74, 6) is 5.87. The predicted octanol–water partition coefficient (Wildman–Crippen LogP) is 0.509. The lowest BCUT2D eigenvalue weighted by Gasteiger charge is -2.39. The summed E-state index contributed by atoms with van der Waals surface area (Å²) in [5.41, 5.74) is 2.62. The number of piperazine rings is 1. The standard InChI is InChI=1S/C12H21N7O2/c1-4-17-5-6-18(7-8(17)2)11-10(19(20)21)9(3)14-12(15-11)16-13/h8H,4-7,13H2,1-3H3,(H,14,15,16). The molecule has 21 heavy (non-hydrogen) atoms. The zero-order valence-electron chi connectivity index (χ0n) is 12.5. The van der Waals surface area contributed by atoms with Crippen molar-refractivity contribution in [3.05, 3.63) is 15.8 Å². The molecule has 0 bridgehead atoms. The Labute approximate surface area is 123 Å². The van der Waals surface area contributed by atoms with Crippen LogP contribution >= 0.6 is 0 Å². The molecule has 1 atom stereocenters. The van der Waals surface area contributed by atoms with Gasteiger partial charge in [-0.15, -0.1) is 0 Å². The second-order valence-electron chi connectivity index (χ2n) is 5.13. The number of nitrogens with zero attached hydrogens (tertiary/aromatic N) is 5. The van der Waals surface area contributed by atoms with E-state index < -0.39 is 4.92 Å². The summed E-state index contributed by atoms with van der Waals surface area (Å²) >= 11 is 0. The van der Waals surface area contributed by atoms with Crippen LogP contribution in [0.2, 0.25) is 0 Å². The van der Waals surface area contributed by atoms with Crippen molar-refractivity contribution in [2.45, 2.75) is 26.8 Å². The molecule has 2 heterocycles. The largest absolute Gasteiger partial charge is 0.348 e. The van der Waals surface area contributed by atoms with E-state index in [1.165, 1.54) is 0 Å². The van der Waals surface area contributed by atoms with Crippen LogP contribution in [0.25, 0.3) is 0 Å². The van der Waals surface area contributed by atoms with Gasteiger partial charge in [-0.05, 0) is 20.4 Å². The van der Waals surface area contributed by atoms with E-state index in [0.717, 1.165) is 13.1 Å². The van der Waals surface area contributed by atoms with Crippen LogP contribution < -0.4 is 16.2 Å². The van der Waals surface area contributed by atoms with E-state index in [-0.39, 0.29) is 11.6 Å². The highest BCUT2D eigenvalue weighted by atomic mass is 16.6. The molecule has 1 fully saturated rings. The Morgan fingerprint density at radius 2 is 2.19 bits per heavy atom. The van der Waals surface area contributed by atoms with E-state index in [9.17, 15) is 10.1 Å². The molecule has 9 nitrogen and oxygen atoms in total. The molecule has 0 radical (unpaired) electrons. The number of nitrogens with one attached hydrogen (secondary N) is 1. The molecule has 1 aliphatic heterocycles. The van der Waals surface area contributed by atoms with Crippen molar-refractivity contribution in [2.24, 2.45) is 5.84 Å². The molecule has 1 aliphatic rings. The van der Waals surface area contributed by atoms with E-state index in [4.69, 9.17) is 5.84 Å². The molecule has 0 aliphatic carbocycles. The second-order valence-corrected chi connectivity index (χ2v) is 5.13. The molecule has 1 aromatic heterocycles. The van der Waals surface area contributed by atoms with Gasteiger partial charge in [-0.25, -0.2) is 10.8 Å². The monoisotopic (exact) mass is 295 g/mol. The molecular formula is C12H21N7O2. The van der Waals surface area contributed by atoms with Crippen LogP contribution in [-0.2, 0) is 0 Å². The number of hydrazine groups is 1. The van der Waals surface area contributed by atoms with Crippen molar-refractivity contribution in [3.8, 4) is 0 Å². The minimum atomic E-state index is -0.429. The Balaban J connectivity index is 2.38. The van der Waals surface area contributed by atoms with Crippen molar-refractivity contribution < 1.29 is 4.92 Å². The van der Waals surface area contributed by atoms with Gasteiger partial charge in [-0.1, -0.05) is 6.92 Å². The van der Waals surface area contributed by atoms with Crippen LogP contribution in [0.1, 0.15) is 19.5 Å². The highest BCUT2D eigenvalue weighted by Crippen LogP contribution is 2.31. The first kappa shape index (κ1) is 15.4. The maximum atomic E-state index is 11.3. The van der Waals surface area contributed by atoms with Gasteiger partial charge >= 0.3 is 5.69 Å². The van der Waals surface area contributed by atoms with Crippen molar-refractivity contribution in [1.82, 2.24) is 14.9 Å². The summed E-state index contributed by atoms with van der Waals surface area (Å²) < 4.78 is 0. The van der Waals surface area contributed by atoms with Gasteiger partial charge in [-0.3, -0.25) is 20.4 Å². The number of aromatic nitrogens is 2. The predicted molar refractivity (Wildman–Crippen MR) is 80.2 cm³/mol. The smallest absolute Gasteiger partial charge is 0.332 e. The number of hydrogen-bond donors (Lipinski definition) is 2. The molecule has 0 amide bonds. The maximum Gasteiger partial charge on any atom is 0.332 e. The summed E-state index contributed by atoms with van der Waals surface area (Å²) in [5, 5.41) is 11.3. The van der Waals surface area contributed by atoms with Crippen molar-refractivity contribution in [1.29, 1.82) is 0 Å². The summed E-state index contributed by atoms with van der Waals surface area (Å²) in [6, 6.07) is 0.313. The average Bonchev–Trinajstić information content (AvgIpc) is 2.45. The first-order chi connectivity index (χ1) is 9.97. The van der Waals surface area contributed by atoms with E-state index >= 15 is 0 Å². The van der Waals surface area contributed by atoms with E-state index in [2.05, 4.69) is 34.1 Å². The van der Waals surface area contributed by atoms with Crippen molar-refractivity contribution in [3.63, 3.8) is 0 Å². The molecule has 0 saturated carbocycles. The fourth-order valence-electron chi connectivity index (χ4n) is 2.71. The highest BCUT2D eigenvalue weighted by molar-refractivity contribution is 5.62. The lowest BCUT2D eigenvalue weighted by Crippen LogP contribution is -2.52. The number of likely N-dealkylation sites (N-methyl/N-ethyl adjacent to an activating group) is 1. The topological polar surface area (TPSA) is 113 Å². The van der Waals surface area contributed by atoms with Gasteiger partial charge in [0.25, 0.3) is 0 Å². The number of nitro groups is 1.